The zero-order valence-electron chi connectivity index (χ0n) is 36.0. The molecule has 0 spiro atoms. The van der Waals surface area contributed by atoms with Gasteiger partial charge >= 0.3 is 5.97 Å². The van der Waals surface area contributed by atoms with Crippen LogP contribution in [0.5, 0.6) is 0 Å². The second-order valence-corrected chi connectivity index (χ2v) is 14.7. The lowest BCUT2D eigenvalue weighted by molar-refractivity contribution is -0.137. The number of nitrogens with one attached hydrogen (secondary N) is 4. The summed E-state index contributed by atoms with van der Waals surface area (Å²) in [6, 6.07) is 0. The van der Waals surface area contributed by atoms with Crippen molar-refractivity contribution in [2.24, 2.45) is 0 Å². The van der Waals surface area contributed by atoms with Gasteiger partial charge in [-0.3, -0.25) is 9.59 Å². The van der Waals surface area contributed by atoms with Crippen molar-refractivity contribution in [2.75, 3.05) is 39.6 Å². The highest BCUT2D eigenvalue weighted by molar-refractivity contribution is 5.79. The van der Waals surface area contributed by atoms with E-state index in [0.717, 1.165) is 121 Å². The molecule has 8 bridgehead atoms. The van der Waals surface area contributed by atoms with Crippen LogP contribution in [0.25, 0.3) is 36.5 Å². The maximum Gasteiger partial charge on any atom is 0.303 e. The zero-order valence-corrected chi connectivity index (χ0v) is 36.0. The molecule has 10 nitrogen and oxygen atoms in total. The fourth-order valence-corrected chi connectivity index (χ4v) is 7.40. The second-order valence-electron chi connectivity index (χ2n) is 14.7. The average Bonchev–Trinajstić information content (AvgIpc) is 3.87. The summed E-state index contributed by atoms with van der Waals surface area (Å²) >= 11 is 0. The molecule has 0 aliphatic carbocycles. The number of rotatable bonds is 22. The summed E-state index contributed by atoms with van der Waals surface area (Å²) in [6.07, 6.45) is 17.8. The number of carbonyl (C=O) groups is 2. The number of aliphatic carboxylic acids is 1. The lowest BCUT2D eigenvalue weighted by Gasteiger charge is -2.07. The van der Waals surface area contributed by atoms with Gasteiger partial charge in [0.1, 0.15) is 5.78 Å². The van der Waals surface area contributed by atoms with Gasteiger partial charge in [0.25, 0.3) is 0 Å². The highest BCUT2D eigenvalue weighted by Gasteiger charge is 2.17. The van der Waals surface area contributed by atoms with Gasteiger partial charge in [0.2, 0.25) is 0 Å². The lowest BCUT2D eigenvalue weighted by Crippen LogP contribution is -2.14. The van der Waals surface area contributed by atoms with Crippen LogP contribution >= 0.6 is 0 Å². The van der Waals surface area contributed by atoms with Crippen molar-refractivity contribution < 1.29 is 28.9 Å². The highest BCUT2D eigenvalue weighted by Crippen LogP contribution is 2.24. The number of carboxylic acids is 1. The Morgan fingerprint density at radius 2 is 1.10 bits per heavy atom. The van der Waals surface area contributed by atoms with Crippen molar-refractivity contribution in [3.8, 4) is 0 Å². The van der Waals surface area contributed by atoms with Gasteiger partial charge in [-0.1, -0.05) is 52.5 Å². The molecule has 0 radical (unpaired) electrons. The lowest BCUT2D eigenvalue weighted by atomic mass is 10.0. The van der Waals surface area contributed by atoms with Crippen LogP contribution in [0.2, 0.25) is 0 Å². The first kappa shape index (κ1) is 45.8. The smallest absolute Gasteiger partial charge is 0.303 e. The molecule has 1 aliphatic rings. The maximum absolute atomic E-state index is 13.2. The summed E-state index contributed by atoms with van der Waals surface area (Å²) in [7, 11) is 0. The molecule has 4 aromatic rings. The van der Waals surface area contributed by atoms with Gasteiger partial charge in [-0.05, 0) is 117 Å². The quantitative estimate of drug-likeness (QED) is 0.0493. The molecule has 0 amide bonds. The Kier molecular flexibility index (Phi) is 18.1. The van der Waals surface area contributed by atoms with Gasteiger partial charge in [-0.2, -0.15) is 0 Å². The first-order valence-electron chi connectivity index (χ1n) is 21.0. The number of unbranched alkanes of at least 4 members (excludes halogenated alkanes) is 2. The molecule has 4 aromatic heterocycles. The van der Waals surface area contributed by atoms with Crippen LogP contribution in [-0.4, -0.2) is 76.4 Å². The predicted octanol–water partition coefficient (Wildman–Crippen LogP) is 6.71. The van der Waals surface area contributed by atoms with Crippen molar-refractivity contribution in [2.45, 2.75) is 106 Å². The monoisotopic (exact) mass is 794 g/mol. The zero-order chi connectivity index (χ0) is 42.2. The third-order valence-corrected chi connectivity index (χ3v) is 10.8. The number of carbonyl (C=O) groups excluding carboxylic acids is 1. The highest BCUT2D eigenvalue weighted by atomic mass is 16.5. The van der Waals surface area contributed by atoms with Gasteiger partial charge in [-0.25, -0.2) is 0 Å². The van der Waals surface area contributed by atoms with E-state index in [4.69, 9.17) is 14.2 Å². The van der Waals surface area contributed by atoms with Crippen LogP contribution in [0.15, 0.2) is 13.2 Å². The predicted molar refractivity (Wildman–Crippen MR) is 237 cm³/mol. The Bertz CT molecular complexity index is 2280. The number of ketones is 1. The summed E-state index contributed by atoms with van der Waals surface area (Å²) in [5.74, 6) is -0.628. The van der Waals surface area contributed by atoms with Crippen LogP contribution in [0, 0.1) is 27.7 Å². The molecule has 0 unspecified atom stereocenters. The van der Waals surface area contributed by atoms with E-state index in [1.807, 2.05) is 32.9 Å². The fraction of sp³-hybridized carbons (Fsp3) is 0.458. The van der Waals surface area contributed by atoms with Crippen molar-refractivity contribution in [1.29, 1.82) is 0 Å². The SMILES string of the molecule is C=Cc1c2[nH]c(c1C)C=c1[nH]c(c(CCC(=O)CCCCOCCOCCOCCCC)c1C)=Cc1[nH]c(c(C)c1CCC(=O)O)C=c1[nH]c(c(C)c1C=C)=C2.CC. The Morgan fingerprint density at radius 3 is 1.76 bits per heavy atom. The molecule has 5 N–H and O–H groups in total. The number of hydrogen-bond donors (Lipinski definition) is 5. The maximum atomic E-state index is 13.2. The molecule has 58 heavy (non-hydrogen) atoms. The fourth-order valence-electron chi connectivity index (χ4n) is 7.40. The van der Waals surface area contributed by atoms with E-state index in [0.29, 0.717) is 58.7 Å². The van der Waals surface area contributed by atoms with Crippen LogP contribution in [0.3, 0.4) is 0 Å². The van der Waals surface area contributed by atoms with Gasteiger partial charge in [0, 0.05) is 87.8 Å². The van der Waals surface area contributed by atoms with Crippen molar-refractivity contribution >= 4 is 48.2 Å². The van der Waals surface area contributed by atoms with Crippen LogP contribution < -0.4 is 21.4 Å². The van der Waals surface area contributed by atoms with E-state index in [9.17, 15) is 14.7 Å². The minimum atomic E-state index is -0.847. The van der Waals surface area contributed by atoms with Crippen LogP contribution in [0.4, 0.5) is 0 Å². The van der Waals surface area contributed by atoms with E-state index in [1.54, 1.807) is 0 Å². The number of fused-ring (bicyclic) bond motifs is 8. The molecule has 0 atom stereocenters. The Hall–Kier alpha value is -4.90. The van der Waals surface area contributed by atoms with E-state index >= 15 is 0 Å². The first-order valence-corrected chi connectivity index (χ1v) is 21.0. The van der Waals surface area contributed by atoms with E-state index in [2.05, 4.69) is 85.1 Å². The minimum absolute atomic E-state index is 0.00896. The number of aromatic amines is 4. The van der Waals surface area contributed by atoms with Crippen molar-refractivity contribution in [3.05, 3.63) is 102 Å². The van der Waals surface area contributed by atoms with E-state index in [1.165, 1.54) is 0 Å². The molecule has 5 heterocycles. The summed E-state index contributed by atoms with van der Waals surface area (Å²) < 4.78 is 16.8. The van der Waals surface area contributed by atoms with Gasteiger partial charge in [0.05, 0.1) is 26.4 Å². The number of aromatic nitrogens is 4. The normalized spacial score (nSPS) is 11.8. The second kappa shape index (κ2) is 22.9. The summed E-state index contributed by atoms with van der Waals surface area (Å²) in [5.41, 5.74) is 11.9. The standard InChI is InChI=1S/C46H60N4O6.C2H6/c1-8-11-19-54-21-23-56-24-22-55-20-13-12-14-33(51)15-16-36-31(6)39-25-38-29(4)34(9-2)42(47-38)26-40-30(5)35(10-3)43(48-40)27-41-32(7)37(17-18-46(52)53)45(50-41)28-44(36)49-39;1-2/h9-10,25-28,47-50H,2-3,8,11-24H2,1,4-7H3,(H,52,53);1-2H3. The van der Waals surface area contributed by atoms with Crippen molar-refractivity contribution in [3.63, 3.8) is 0 Å². The molecule has 0 aromatic carbocycles. The average molecular weight is 795 g/mol. The summed E-state index contributed by atoms with van der Waals surface area (Å²) in [6.45, 7) is 26.3. The minimum Gasteiger partial charge on any atom is -0.481 e. The van der Waals surface area contributed by atoms with E-state index < -0.39 is 5.97 Å². The molecular weight excluding hydrogens is 729 g/mol. The number of hydrogen-bond acceptors (Lipinski definition) is 5. The Morgan fingerprint density at radius 1 is 0.569 bits per heavy atom. The third-order valence-electron chi connectivity index (χ3n) is 10.8. The van der Waals surface area contributed by atoms with Crippen LogP contribution in [0.1, 0.15) is 133 Å². The molecule has 0 saturated heterocycles. The first-order chi connectivity index (χ1) is 28.1. The number of ether oxygens (including phenoxy) is 3. The van der Waals surface area contributed by atoms with Gasteiger partial charge in [0.15, 0.2) is 0 Å². The Balaban J connectivity index is 0.00000366. The number of Topliss-reactive ketones (excluding diaryl/α,β-unsaturated/α-hetero) is 1. The number of H-pyrrole nitrogens is 4. The van der Waals surface area contributed by atoms with Gasteiger partial charge < -0.3 is 39.3 Å². The molecule has 10 heteroatoms. The third kappa shape index (κ3) is 11.8. The number of carboxylic acid groups (broad SMARTS) is 1. The summed E-state index contributed by atoms with van der Waals surface area (Å²) in [5, 5.41) is 13.3. The molecular formula is C48H66N4O6. The van der Waals surface area contributed by atoms with Crippen LogP contribution in [-0.2, 0) is 36.6 Å². The molecule has 0 fully saturated rings. The Labute approximate surface area is 343 Å². The topological polar surface area (TPSA) is 145 Å². The van der Waals surface area contributed by atoms with Gasteiger partial charge in [-0.15, -0.1) is 0 Å². The molecule has 314 valence electrons. The summed E-state index contributed by atoms with van der Waals surface area (Å²) in [4.78, 5) is 39.5. The molecule has 0 saturated carbocycles. The largest absolute Gasteiger partial charge is 0.481 e. The van der Waals surface area contributed by atoms with Crippen molar-refractivity contribution in [1.82, 2.24) is 19.9 Å². The molecule has 1 aliphatic heterocycles. The van der Waals surface area contributed by atoms with E-state index in [-0.39, 0.29) is 12.2 Å². The molecule has 5 rings (SSSR count).